The number of fused-ring (bicyclic) bond motifs is 1. The highest BCUT2D eigenvalue weighted by Gasteiger charge is 2.31. The second kappa shape index (κ2) is 3.19. The molecule has 1 saturated carbocycles. The van der Waals surface area contributed by atoms with Gasteiger partial charge in [0.2, 0.25) is 0 Å². The Balaban J connectivity index is 1.88. The lowest BCUT2D eigenvalue weighted by Crippen LogP contribution is -2.06. The van der Waals surface area contributed by atoms with Crippen molar-refractivity contribution in [1.29, 1.82) is 0 Å². The van der Waals surface area contributed by atoms with E-state index in [0.29, 0.717) is 6.04 Å². The highest BCUT2D eigenvalue weighted by molar-refractivity contribution is 5.79. The van der Waals surface area contributed by atoms with Crippen molar-refractivity contribution in [3.8, 4) is 0 Å². The number of hydrogen-bond acceptors (Lipinski definition) is 2. The highest BCUT2D eigenvalue weighted by atomic mass is 14.8. The first-order chi connectivity index (χ1) is 6.93. The van der Waals surface area contributed by atoms with E-state index >= 15 is 0 Å². The topological polar surface area (TPSA) is 25.2 Å². The molecule has 2 nitrogen and oxygen atoms in total. The monoisotopic (exact) mass is 186 g/mol. The molecule has 0 spiro atoms. The number of rotatable bonds is 1. The van der Waals surface area contributed by atoms with Crippen molar-refractivity contribution in [2.24, 2.45) is 10.9 Å². The molecular weight excluding hydrogens is 172 g/mol. The molecule has 0 aromatic carbocycles. The molecular formula is C12H14N2. The van der Waals surface area contributed by atoms with Crippen LogP contribution in [0.2, 0.25) is 0 Å². The number of aliphatic imine (C=N–C) groups is 1. The summed E-state index contributed by atoms with van der Waals surface area (Å²) in [4.78, 5) is 8.98. The first-order valence-corrected chi connectivity index (χ1v) is 5.40. The molecule has 1 aromatic rings. The Bertz CT molecular complexity index is 366. The van der Waals surface area contributed by atoms with Crippen LogP contribution in [0.4, 0.5) is 0 Å². The average Bonchev–Trinajstić information content (AvgIpc) is 3.03. The highest BCUT2D eigenvalue weighted by Crippen LogP contribution is 2.37. The van der Waals surface area contributed by atoms with E-state index in [4.69, 9.17) is 0 Å². The van der Waals surface area contributed by atoms with Crippen LogP contribution < -0.4 is 0 Å². The Hall–Kier alpha value is -1.18. The summed E-state index contributed by atoms with van der Waals surface area (Å²) in [5.41, 5.74) is 2.44. The van der Waals surface area contributed by atoms with Crippen molar-refractivity contribution in [2.45, 2.75) is 31.7 Å². The summed E-state index contributed by atoms with van der Waals surface area (Å²) in [5.74, 6) is 0.876. The van der Waals surface area contributed by atoms with Gasteiger partial charge >= 0.3 is 0 Å². The van der Waals surface area contributed by atoms with Gasteiger partial charge in [0.05, 0.1) is 11.7 Å². The predicted molar refractivity (Wildman–Crippen MR) is 56.7 cm³/mol. The molecule has 1 atom stereocenters. The van der Waals surface area contributed by atoms with Gasteiger partial charge in [0, 0.05) is 12.4 Å². The van der Waals surface area contributed by atoms with E-state index < -0.39 is 0 Å². The van der Waals surface area contributed by atoms with Gasteiger partial charge in [0.15, 0.2) is 0 Å². The lowest BCUT2D eigenvalue weighted by molar-refractivity contribution is 0.559. The van der Waals surface area contributed by atoms with E-state index in [-0.39, 0.29) is 0 Å². The number of hydrogen-bond donors (Lipinski definition) is 0. The van der Waals surface area contributed by atoms with Gasteiger partial charge in [-0.15, -0.1) is 0 Å². The van der Waals surface area contributed by atoms with Crippen LogP contribution in [0.1, 0.15) is 30.5 Å². The Morgan fingerprint density at radius 2 is 2.14 bits per heavy atom. The minimum atomic E-state index is 0.573. The van der Waals surface area contributed by atoms with Gasteiger partial charge in [-0.25, -0.2) is 0 Å². The summed E-state index contributed by atoms with van der Waals surface area (Å²) in [6.07, 6.45) is 8.94. The van der Waals surface area contributed by atoms with Crippen molar-refractivity contribution in [3.05, 3.63) is 29.6 Å². The van der Waals surface area contributed by atoms with Crippen LogP contribution in [0.15, 0.2) is 23.3 Å². The number of aromatic nitrogens is 1. The SMILES string of the molecule is C1=NC(C2CC2)CCc2cccnc21. The fourth-order valence-electron chi connectivity index (χ4n) is 2.16. The lowest BCUT2D eigenvalue weighted by atomic mass is 10.0. The molecule has 0 saturated heterocycles. The van der Waals surface area contributed by atoms with Crippen molar-refractivity contribution in [1.82, 2.24) is 4.98 Å². The minimum Gasteiger partial charge on any atom is -0.287 e. The van der Waals surface area contributed by atoms with Gasteiger partial charge < -0.3 is 0 Å². The number of pyridine rings is 1. The van der Waals surface area contributed by atoms with Crippen molar-refractivity contribution in [2.75, 3.05) is 0 Å². The van der Waals surface area contributed by atoms with Gasteiger partial charge in [0.1, 0.15) is 0 Å². The predicted octanol–water partition coefficient (Wildman–Crippen LogP) is 2.23. The molecule has 2 aliphatic rings. The summed E-state index contributed by atoms with van der Waals surface area (Å²) in [5, 5.41) is 0. The van der Waals surface area contributed by atoms with Crippen LogP contribution in [0.3, 0.4) is 0 Å². The first-order valence-electron chi connectivity index (χ1n) is 5.40. The average molecular weight is 186 g/mol. The summed E-state index contributed by atoms with van der Waals surface area (Å²) in [6, 6.07) is 4.76. The third kappa shape index (κ3) is 1.45. The summed E-state index contributed by atoms with van der Waals surface area (Å²) < 4.78 is 0. The molecule has 2 heteroatoms. The zero-order chi connectivity index (χ0) is 9.38. The Morgan fingerprint density at radius 1 is 1.21 bits per heavy atom. The van der Waals surface area contributed by atoms with Gasteiger partial charge in [-0.1, -0.05) is 6.07 Å². The molecule has 1 fully saturated rings. The van der Waals surface area contributed by atoms with Crippen molar-refractivity contribution in [3.63, 3.8) is 0 Å². The second-order valence-corrected chi connectivity index (χ2v) is 4.27. The van der Waals surface area contributed by atoms with Crippen LogP contribution >= 0.6 is 0 Å². The zero-order valence-corrected chi connectivity index (χ0v) is 8.19. The first kappa shape index (κ1) is 8.16. The van der Waals surface area contributed by atoms with E-state index in [1.165, 1.54) is 24.8 Å². The molecule has 72 valence electrons. The maximum atomic E-state index is 4.64. The molecule has 14 heavy (non-hydrogen) atoms. The van der Waals surface area contributed by atoms with Crippen LogP contribution in [0, 0.1) is 5.92 Å². The molecule has 0 radical (unpaired) electrons. The molecule has 1 aromatic heterocycles. The van der Waals surface area contributed by atoms with Gasteiger partial charge in [-0.3, -0.25) is 9.98 Å². The van der Waals surface area contributed by atoms with E-state index in [1.54, 1.807) is 0 Å². The fourth-order valence-corrected chi connectivity index (χ4v) is 2.16. The molecule has 1 unspecified atom stereocenters. The smallest absolute Gasteiger partial charge is 0.0839 e. The molecule has 0 bridgehead atoms. The molecule has 1 aliphatic heterocycles. The van der Waals surface area contributed by atoms with Crippen molar-refractivity contribution >= 4 is 6.21 Å². The van der Waals surface area contributed by atoms with E-state index in [2.05, 4.69) is 16.0 Å². The summed E-state index contributed by atoms with van der Waals surface area (Å²) in [6.45, 7) is 0. The van der Waals surface area contributed by atoms with Gasteiger partial charge in [-0.2, -0.15) is 0 Å². The number of nitrogens with zero attached hydrogens (tertiary/aromatic N) is 2. The van der Waals surface area contributed by atoms with E-state index in [1.807, 2.05) is 18.5 Å². The molecule has 0 amide bonds. The Kier molecular flexibility index (Phi) is 1.86. The van der Waals surface area contributed by atoms with Crippen LogP contribution in [0.5, 0.6) is 0 Å². The number of aryl methyl sites for hydroxylation is 1. The standard InChI is InChI=1S/C12H14N2/c1-2-9-5-6-11(10-3-4-10)14-8-12(9)13-7-1/h1-2,7-8,10-11H,3-6H2. The summed E-state index contributed by atoms with van der Waals surface area (Å²) in [7, 11) is 0. The second-order valence-electron chi connectivity index (χ2n) is 4.27. The van der Waals surface area contributed by atoms with Crippen molar-refractivity contribution < 1.29 is 0 Å². The van der Waals surface area contributed by atoms with Crippen LogP contribution in [-0.4, -0.2) is 17.2 Å². The van der Waals surface area contributed by atoms with Gasteiger partial charge in [0.25, 0.3) is 0 Å². The maximum absolute atomic E-state index is 4.64. The fraction of sp³-hybridized carbons (Fsp3) is 0.500. The molecule has 0 N–H and O–H groups in total. The molecule has 2 heterocycles. The largest absolute Gasteiger partial charge is 0.287 e. The van der Waals surface area contributed by atoms with Crippen LogP contribution in [0.25, 0.3) is 0 Å². The normalized spacial score (nSPS) is 25.6. The van der Waals surface area contributed by atoms with Crippen LogP contribution in [-0.2, 0) is 6.42 Å². The Morgan fingerprint density at radius 3 is 3.00 bits per heavy atom. The van der Waals surface area contributed by atoms with E-state index in [0.717, 1.165) is 18.0 Å². The lowest BCUT2D eigenvalue weighted by Gasteiger charge is -2.07. The van der Waals surface area contributed by atoms with E-state index in [9.17, 15) is 0 Å². The molecule has 3 rings (SSSR count). The zero-order valence-electron chi connectivity index (χ0n) is 8.19. The summed E-state index contributed by atoms with van der Waals surface area (Å²) >= 11 is 0. The quantitative estimate of drug-likeness (QED) is 0.660. The molecule has 1 aliphatic carbocycles. The van der Waals surface area contributed by atoms with Gasteiger partial charge in [-0.05, 0) is 43.2 Å². The third-order valence-corrected chi connectivity index (χ3v) is 3.19. The third-order valence-electron chi connectivity index (χ3n) is 3.19. The minimum absolute atomic E-state index is 0.573. The Labute approximate surface area is 84.1 Å². The maximum Gasteiger partial charge on any atom is 0.0839 e.